The highest BCUT2D eigenvalue weighted by Gasteiger charge is 2.07. The van der Waals surface area contributed by atoms with Crippen LogP contribution in [-0.2, 0) is 6.42 Å². The SMILES string of the molecule is O=C(Cc1ccc(Cl)cc1)c1cccc(I)c1. The normalized spacial score (nSPS) is 10.2. The van der Waals surface area contributed by atoms with Gasteiger partial charge in [0, 0.05) is 20.6 Å². The maximum Gasteiger partial charge on any atom is 0.167 e. The molecule has 0 aliphatic heterocycles. The Morgan fingerprint density at radius 1 is 1.12 bits per heavy atom. The lowest BCUT2D eigenvalue weighted by atomic mass is 10.0. The summed E-state index contributed by atoms with van der Waals surface area (Å²) in [6, 6.07) is 15.0. The fourth-order valence-corrected chi connectivity index (χ4v) is 2.22. The van der Waals surface area contributed by atoms with Gasteiger partial charge in [-0.1, -0.05) is 35.9 Å². The third-order valence-corrected chi connectivity index (χ3v) is 3.35. The second-order valence-electron chi connectivity index (χ2n) is 3.74. The van der Waals surface area contributed by atoms with E-state index in [4.69, 9.17) is 11.6 Å². The highest BCUT2D eigenvalue weighted by molar-refractivity contribution is 14.1. The van der Waals surface area contributed by atoms with Gasteiger partial charge in [-0.15, -0.1) is 0 Å². The number of ketones is 1. The van der Waals surface area contributed by atoms with Crippen molar-refractivity contribution in [1.82, 2.24) is 0 Å². The number of Topliss-reactive ketones (excluding diaryl/α,β-unsaturated/α-hetero) is 1. The third kappa shape index (κ3) is 3.54. The van der Waals surface area contributed by atoms with Gasteiger partial charge in [0.2, 0.25) is 0 Å². The molecule has 0 saturated heterocycles. The van der Waals surface area contributed by atoms with Crippen LogP contribution in [0.2, 0.25) is 5.02 Å². The molecule has 0 unspecified atom stereocenters. The highest BCUT2D eigenvalue weighted by atomic mass is 127. The van der Waals surface area contributed by atoms with Crippen LogP contribution in [0, 0.1) is 3.57 Å². The molecule has 0 aromatic heterocycles. The van der Waals surface area contributed by atoms with Gasteiger partial charge in [0.05, 0.1) is 0 Å². The standard InChI is InChI=1S/C14H10ClIO/c15-12-6-4-10(5-7-12)8-14(17)11-2-1-3-13(16)9-11/h1-7,9H,8H2. The molecular formula is C14H10ClIO. The molecule has 2 rings (SSSR count). The van der Waals surface area contributed by atoms with E-state index in [9.17, 15) is 4.79 Å². The van der Waals surface area contributed by atoms with Gasteiger partial charge in [-0.2, -0.15) is 0 Å². The van der Waals surface area contributed by atoms with E-state index in [0.717, 1.165) is 14.7 Å². The number of rotatable bonds is 3. The maximum atomic E-state index is 12.0. The first-order valence-electron chi connectivity index (χ1n) is 5.18. The Morgan fingerprint density at radius 2 is 1.82 bits per heavy atom. The van der Waals surface area contributed by atoms with E-state index < -0.39 is 0 Å². The van der Waals surface area contributed by atoms with Crippen LogP contribution in [0.25, 0.3) is 0 Å². The van der Waals surface area contributed by atoms with Gasteiger partial charge in [0.25, 0.3) is 0 Å². The summed E-state index contributed by atoms with van der Waals surface area (Å²) in [6.07, 6.45) is 0.414. The Labute approximate surface area is 119 Å². The first-order chi connectivity index (χ1) is 8.15. The number of halogens is 2. The van der Waals surface area contributed by atoms with Crippen molar-refractivity contribution in [3.8, 4) is 0 Å². The molecule has 0 amide bonds. The van der Waals surface area contributed by atoms with Crippen molar-refractivity contribution < 1.29 is 4.79 Å². The average molecular weight is 357 g/mol. The number of hydrogen-bond donors (Lipinski definition) is 0. The van der Waals surface area contributed by atoms with E-state index in [2.05, 4.69) is 22.6 Å². The number of benzene rings is 2. The summed E-state index contributed by atoms with van der Waals surface area (Å²) in [4.78, 5) is 12.0. The molecule has 0 aliphatic rings. The molecule has 17 heavy (non-hydrogen) atoms. The van der Waals surface area contributed by atoms with Crippen molar-refractivity contribution in [2.45, 2.75) is 6.42 Å². The van der Waals surface area contributed by atoms with Crippen molar-refractivity contribution in [2.75, 3.05) is 0 Å². The number of carbonyl (C=O) groups excluding carboxylic acids is 1. The maximum absolute atomic E-state index is 12.0. The smallest absolute Gasteiger partial charge is 0.167 e. The van der Waals surface area contributed by atoms with E-state index in [1.165, 1.54) is 0 Å². The van der Waals surface area contributed by atoms with Crippen LogP contribution >= 0.6 is 34.2 Å². The van der Waals surface area contributed by atoms with Crippen molar-refractivity contribution in [1.29, 1.82) is 0 Å². The average Bonchev–Trinajstić information content (AvgIpc) is 2.32. The second-order valence-corrected chi connectivity index (χ2v) is 5.42. The highest BCUT2D eigenvalue weighted by Crippen LogP contribution is 2.13. The zero-order chi connectivity index (χ0) is 12.3. The Morgan fingerprint density at radius 3 is 2.47 bits per heavy atom. The predicted octanol–water partition coefficient (Wildman–Crippen LogP) is 4.37. The summed E-state index contributed by atoms with van der Waals surface area (Å²) in [6.45, 7) is 0. The molecule has 0 bridgehead atoms. The van der Waals surface area contributed by atoms with Crippen LogP contribution in [0.3, 0.4) is 0 Å². The van der Waals surface area contributed by atoms with E-state index >= 15 is 0 Å². The molecule has 0 heterocycles. The summed E-state index contributed by atoms with van der Waals surface area (Å²) < 4.78 is 1.07. The first kappa shape index (κ1) is 12.6. The van der Waals surface area contributed by atoms with Crippen molar-refractivity contribution >= 4 is 40.0 Å². The van der Waals surface area contributed by atoms with Gasteiger partial charge in [0.15, 0.2) is 5.78 Å². The molecule has 0 N–H and O–H groups in total. The van der Waals surface area contributed by atoms with Gasteiger partial charge >= 0.3 is 0 Å². The molecule has 0 radical (unpaired) electrons. The van der Waals surface area contributed by atoms with E-state index in [1.807, 2.05) is 36.4 Å². The number of carbonyl (C=O) groups is 1. The molecule has 2 aromatic rings. The third-order valence-electron chi connectivity index (χ3n) is 2.42. The lowest BCUT2D eigenvalue weighted by molar-refractivity contribution is 0.0993. The summed E-state index contributed by atoms with van der Waals surface area (Å²) >= 11 is 8.00. The minimum atomic E-state index is 0.130. The molecule has 0 spiro atoms. The molecule has 86 valence electrons. The molecule has 1 nitrogen and oxygen atoms in total. The molecule has 0 fully saturated rings. The quantitative estimate of drug-likeness (QED) is 0.589. The lowest BCUT2D eigenvalue weighted by Crippen LogP contribution is -2.03. The monoisotopic (exact) mass is 356 g/mol. The fourth-order valence-electron chi connectivity index (χ4n) is 1.55. The lowest BCUT2D eigenvalue weighted by Gasteiger charge is -2.02. The van der Waals surface area contributed by atoms with Crippen LogP contribution in [0.5, 0.6) is 0 Å². The van der Waals surface area contributed by atoms with E-state index in [0.29, 0.717) is 11.4 Å². The Kier molecular flexibility index (Phi) is 4.18. The first-order valence-corrected chi connectivity index (χ1v) is 6.64. The van der Waals surface area contributed by atoms with Crippen molar-refractivity contribution in [3.63, 3.8) is 0 Å². The van der Waals surface area contributed by atoms with Gasteiger partial charge in [-0.25, -0.2) is 0 Å². The minimum Gasteiger partial charge on any atom is -0.294 e. The van der Waals surface area contributed by atoms with Crippen LogP contribution < -0.4 is 0 Å². The second kappa shape index (κ2) is 5.65. The molecular weight excluding hydrogens is 347 g/mol. The summed E-state index contributed by atoms with van der Waals surface area (Å²) in [5, 5.41) is 0.690. The zero-order valence-electron chi connectivity index (χ0n) is 8.99. The van der Waals surface area contributed by atoms with Crippen molar-refractivity contribution in [2.24, 2.45) is 0 Å². The van der Waals surface area contributed by atoms with Gasteiger partial charge in [0.1, 0.15) is 0 Å². The van der Waals surface area contributed by atoms with Crippen LogP contribution in [0.1, 0.15) is 15.9 Å². The Bertz CT molecular complexity index is 534. The molecule has 2 aromatic carbocycles. The van der Waals surface area contributed by atoms with Crippen molar-refractivity contribution in [3.05, 3.63) is 68.3 Å². The summed E-state index contributed by atoms with van der Waals surface area (Å²) in [5.41, 5.74) is 1.74. The van der Waals surface area contributed by atoms with Gasteiger partial charge in [-0.3, -0.25) is 4.79 Å². The molecule has 0 atom stereocenters. The topological polar surface area (TPSA) is 17.1 Å². The predicted molar refractivity (Wildman–Crippen MR) is 78.6 cm³/mol. The van der Waals surface area contributed by atoms with E-state index in [-0.39, 0.29) is 5.78 Å². The largest absolute Gasteiger partial charge is 0.294 e. The van der Waals surface area contributed by atoms with Crippen LogP contribution in [0.15, 0.2) is 48.5 Å². The van der Waals surface area contributed by atoms with E-state index in [1.54, 1.807) is 12.1 Å². The fraction of sp³-hybridized carbons (Fsp3) is 0.0714. The van der Waals surface area contributed by atoms with Crippen LogP contribution in [-0.4, -0.2) is 5.78 Å². The summed E-state index contributed by atoms with van der Waals surface area (Å²) in [7, 11) is 0. The van der Waals surface area contributed by atoms with Crippen LogP contribution in [0.4, 0.5) is 0 Å². The molecule has 0 aliphatic carbocycles. The Balaban J connectivity index is 2.14. The zero-order valence-corrected chi connectivity index (χ0v) is 11.9. The minimum absolute atomic E-state index is 0.130. The molecule has 0 saturated carbocycles. The van der Waals surface area contributed by atoms with Gasteiger partial charge in [-0.05, 0) is 52.4 Å². The van der Waals surface area contributed by atoms with Gasteiger partial charge < -0.3 is 0 Å². The molecule has 3 heteroatoms. The Hall–Kier alpha value is -0.870. The summed E-state index contributed by atoms with van der Waals surface area (Å²) in [5.74, 6) is 0.130. The number of hydrogen-bond acceptors (Lipinski definition) is 1.